The Bertz CT molecular complexity index is 1650. The highest BCUT2D eigenvalue weighted by molar-refractivity contribution is 7.47. The van der Waals surface area contributed by atoms with E-state index in [9.17, 15) is 43.2 Å². The topological polar surface area (TPSA) is 237 Å². The summed E-state index contributed by atoms with van der Waals surface area (Å²) in [6.45, 7) is 9.38. The lowest BCUT2D eigenvalue weighted by atomic mass is 10.0. The summed E-state index contributed by atoms with van der Waals surface area (Å²) in [5.41, 5.74) is 0. The van der Waals surface area contributed by atoms with Crippen molar-refractivity contribution in [3.63, 3.8) is 0 Å². The number of carbonyl (C=O) groups excluding carboxylic acids is 4. The fourth-order valence-electron chi connectivity index (χ4n) is 9.71. The molecule has 0 spiro atoms. The number of hydrogen-bond donors (Lipinski definition) is 3. The first-order valence-electron chi connectivity index (χ1n) is 34.0. The van der Waals surface area contributed by atoms with Crippen molar-refractivity contribution in [3.8, 4) is 0 Å². The van der Waals surface area contributed by atoms with Gasteiger partial charge in [-0.15, -0.1) is 0 Å². The first kappa shape index (κ1) is 82.1. The van der Waals surface area contributed by atoms with Gasteiger partial charge >= 0.3 is 39.5 Å². The normalized spacial score (nSPS) is 14.3. The van der Waals surface area contributed by atoms with E-state index in [0.717, 1.165) is 96.3 Å². The van der Waals surface area contributed by atoms with Crippen LogP contribution in [0.2, 0.25) is 0 Å². The number of hydrogen-bond acceptors (Lipinski definition) is 15. The summed E-state index contributed by atoms with van der Waals surface area (Å²) >= 11 is 0. The third kappa shape index (κ3) is 59.0. The van der Waals surface area contributed by atoms with Gasteiger partial charge in [0.15, 0.2) is 12.2 Å². The lowest BCUT2D eigenvalue weighted by Gasteiger charge is -2.21. The maximum atomic E-state index is 13.0. The average Bonchev–Trinajstić information content (AvgIpc) is 3.54. The number of unbranched alkanes of at least 4 members (excludes halogenated alkanes) is 34. The summed E-state index contributed by atoms with van der Waals surface area (Å²) in [5.74, 6) is -0.732. The van der Waals surface area contributed by atoms with Crippen LogP contribution in [-0.4, -0.2) is 96.7 Å². The van der Waals surface area contributed by atoms with Crippen LogP contribution >= 0.6 is 15.6 Å². The van der Waals surface area contributed by atoms with Gasteiger partial charge in [0.05, 0.1) is 26.4 Å². The van der Waals surface area contributed by atoms with Crippen molar-refractivity contribution < 1.29 is 80.2 Å². The monoisotopic (exact) mass is 1240 g/mol. The molecule has 0 aliphatic heterocycles. The summed E-state index contributed by atoms with van der Waals surface area (Å²) in [4.78, 5) is 72.2. The van der Waals surface area contributed by atoms with E-state index in [-0.39, 0.29) is 25.7 Å². The van der Waals surface area contributed by atoms with E-state index in [0.29, 0.717) is 37.5 Å². The van der Waals surface area contributed by atoms with Crippen LogP contribution in [0, 0.1) is 11.8 Å². The van der Waals surface area contributed by atoms with Gasteiger partial charge < -0.3 is 33.8 Å². The number of rotatable bonds is 64. The zero-order valence-corrected chi connectivity index (χ0v) is 56.0. The van der Waals surface area contributed by atoms with E-state index in [4.69, 9.17) is 37.0 Å². The summed E-state index contributed by atoms with van der Waals surface area (Å²) < 4.78 is 68.0. The van der Waals surface area contributed by atoms with Crippen LogP contribution in [0.4, 0.5) is 0 Å². The van der Waals surface area contributed by atoms with Gasteiger partial charge in [-0.3, -0.25) is 37.3 Å². The second-order valence-electron chi connectivity index (χ2n) is 24.5. The molecule has 84 heavy (non-hydrogen) atoms. The molecule has 0 heterocycles. The molecule has 2 unspecified atom stereocenters. The molecule has 0 radical (unpaired) electrons. The van der Waals surface area contributed by atoms with Crippen LogP contribution in [0.15, 0.2) is 0 Å². The maximum Gasteiger partial charge on any atom is 0.472 e. The fourth-order valence-corrected chi connectivity index (χ4v) is 11.3. The minimum atomic E-state index is -4.94. The number of phosphoric acid groups is 2. The van der Waals surface area contributed by atoms with Crippen molar-refractivity contribution in [2.45, 2.75) is 342 Å². The second kappa shape index (κ2) is 57.5. The van der Waals surface area contributed by atoms with Crippen molar-refractivity contribution in [3.05, 3.63) is 0 Å². The lowest BCUT2D eigenvalue weighted by Crippen LogP contribution is -2.30. The van der Waals surface area contributed by atoms with Gasteiger partial charge in [-0.25, -0.2) is 9.13 Å². The van der Waals surface area contributed by atoms with Crippen LogP contribution in [-0.2, 0) is 65.4 Å². The highest BCUT2D eigenvalue weighted by Gasteiger charge is 2.30. The second-order valence-corrected chi connectivity index (χ2v) is 27.4. The Hall–Kier alpha value is -1.94. The van der Waals surface area contributed by atoms with Crippen molar-refractivity contribution in [1.82, 2.24) is 0 Å². The zero-order valence-electron chi connectivity index (χ0n) is 54.2. The minimum absolute atomic E-state index is 0.103. The van der Waals surface area contributed by atoms with E-state index in [1.54, 1.807) is 0 Å². The summed E-state index contributed by atoms with van der Waals surface area (Å²) in [7, 11) is -9.89. The molecule has 0 bridgehead atoms. The van der Waals surface area contributed by atoms with Gasteiger partial charge in [-0.05, 0) is 37.5 Å². The minimum Gasteiger partial charge on any atom is -0.462 e. The molecule has 17 nitrogen and oxygen atoms in total. The number of ether oxygens (including phenoxy) is 4. The Morgan fingerprint density at radius 1 is 0.321 bits per heavy atom. The third-order valence-electron chi connectivity index (χ3n) is 15.0. The Morgan fingerprint density at radius 3 is 0.810 bits per heavy atom. The van der Waals surface area contributed by atoms with E-state index < -0.39 is 97.5 Å². The Morgan fingerprint density at radius 2 is 0.548 bits per heavy atom. The fraction of sp³-hybridized carbons (Fsp3) is 0.938. The van der Waals surface area contributed by atoms with E-state index in [1.165, 1.54) is 135 Å². The van der Waals surface area contributed by atoms with Gasteiger partial charge in [0.1, 0.15) is 19.3 Å². The van der Waals surface area contributed by atoms with Crippen LogP contribution in [0.1, 0.15) is 324 Å². The largest absolute Gasteiger partial charge is 0.472 e. The summed E-state index contributed by atoms with van der Waals surface area (Å²) in [5, 5.41) is 10.5. The molecule has 0 fully saturated rings. The van der Waals surface area contributed by atoms with Gasteiger partial charge in [0.2, 0.25) is 0 Å². The molecule has 0 amide bonds. The molecule has 0 saturated carbocycles. The smallest absolute Gasteiger partial charge is 0.462 e. The number of phosphoric ester groups is 2. The number of aliphatic hydroxyl groups excluding tert-OH is 1. The predicted molar refractivity (Wildman–Crippen MR) is 335 cm³/mol. The summed E-state index contributed by atoms with van der Waals surface area (Å²) in [6.07, 6.45) is 40.4. The first-order valence-corrected chi connectivity index (χ1v) is 37.0. The van der Waals surface area contributed by atoms with Crippen molar-refractivity contribution in [2.75, 3.05) is 39.6 Å². The molecule has 0 aliphatic rings. The van der Waals surface area contributed by atoms with E-state index in [2.05, 4.69) is 41.5 Å². The van der Waals surface area contributed by atoms with Crippen molar-refractivity contribution >= 4 is 39.5 Å². The quantitative estimate of drug-likeness (QED) is 0.0222. The molecular formula is C65H126O17P2. The van der Waals surface area contributed by atoms with Crippen molar-refractivity contribution in [1.29, 1.82) is 0 Å². The molecule has 0 aromatic rings. The molecule has 0 aliphatic carbocycles. The van der Waals surface area contributed by atoms with Crippen molar-refractivity contribution in [2.24, 2.45) is 11.8 Å². The standard InChI is InChI=1S/C65H126O17P2/c1-7-9-11-13-15-17-19-20-22-24-30-37-43-49-64(69)81-60(53-75-62(67)47-41-35-29-23-21-18-16-14-12-10-8-2)55-79-83(71,72)77-51-59(66)52-78-84(73,74)80-56-61(82-65(70)50-44-38-32-26-28-34-40-46-58(5)6)54-76-63(68)48-42-36-31-25-27-33-39-45-57(3)4/h57-61,66H,7-56H2,1-6H3,(H,71,72)(H,73,74)/t59-,60-,61-/m1/s1. The number of aliphatic hydroxyl groups is 1. The van der Waals surface area contributed by atoms with Gasteiger partial charge in [0.25, 0.3) is 0 Å². The van der Waals surface area contributed by atoms with Crippen LogP contribution in [0.25, 0.3) is 0 Å². The molecule has 0 aromatic heterocycles. The molecule has 0 saturated heterocycles. The highest BCUT2D eigenvalue weighted by Crippen LogP contribution is 2.45. The van der Waals surface area contributed by atoms with Gasteiger partial charge in [0, 0.05) is 25.7 Å². The van der Waals surface area contributed by atoms with Gasteiger partial charge in [-0.2, -0.15) is 0 Å². The van der Waals surface area contributed by atoms with Crippen LogP contribution in [0.3, 0.4) is 0 Å². The van der Waals surface area contributed by atoms with E-state index >= 15 is 0 Å². The van der Waals surface area contributed by atoms with E-state index in [1.807, 2.05) is 0 Å². The molecule has 498 valence electrons. The molecule has 19 heteroatoms. The van der Waals surface area contributed by atoms with Gasteiger partial charge in [-0.1, -0.05) is 273 Å². The van der Waals surface area contributed by atoms with Crippen LogP contribution < -0.4 is 0 Å². The van der Waals surface area contributed by atoms with Crippen LogP contribution in [0.5, 0.6) is 0 Å². The highest BCUT2D eigenvalue weighted by atomic mass is 31.2. The lowest BCUT2D eigenvalue weighted by molar-refractivity contribution is -0.161. The first-order chi connectivity index (χ1) is 40.4. The Labute approximate surface area is 511 Å². The Balaban J connectivity index is 5.24. The summed E-state index contributed by atoms with van der Waals surface area (Å²) in [6, 6.07) is 0. The third-order valence-corrected chi connectivity index (χ3v) is 16.9. The number of carbonyl (C=O) groups is 4. The Kier molecular flexibility index (Phi) is 56.2. The molecular weight excluding hydrogens is 1110 g/mol. The SMILES string of the molecule is CCCCCCCCCCCCCCCC(=O)O[C@H](COC(=O)CCCCCCCCCCCCC)COP(=O)(O)OC[C@@H](O)COP(=O)(O)OC[C@@H](COC(=O)CCCCCCCCCC(C)C)OC(=O)CCCCCCCCCC(C)C. The maximum absolute atomic E-state index is 13.0. The molecule has 5 atom stereocenters. The molecule has 0 rings (SSSR count). The zero-order chi connectivity index (χ0) is 62.2. The molecule has 0 aromatic carbocycles. The average molecular weight is 1240 g/mol. The predicted octanol–water partition coefficient (Wildman–Crippen LogP) is 18.0. The number of esters is 4. The molecule has 3 N–H and O–H groups in total.